The highest BCUT2D eigenvalue weighted by molar-refractivity contribution is 5.92. The van der Waals surface area contributed by atoms with Crippen LogP contribution in [-0.4, -0.2) is 32.6 Å². The van der Waals surface area contributed by atoms with E-state index in [9.17, 15) is 4.79 Å². The number of hydrogen-bond acceptors (Lipinski definition) is 6. The average Bonchev–Trinajstić information content (AvgIpc) is 3.28. The highest BCUT2D eigenvalue weighted by Crippen LogP contribution is 2.38. The van der Waals surface area contributed by atoms with E-state index < -0.39 is 0 Å². The van der Waals surface area contributed by atoms with Gasteiger partial charge in [-0.3, -0.25) is 14.8 Å². The lowest BCUT2D eigenvalue weighted by molar-refractivity contribution is 0.0934. The minimum absolute atomic E-state index is 0.129. The Bertz CT molecular complexity index is 1060. The summed E-state index contributed by atoms with van der Waals surface area (Å²) in [4.78, 5) is 20.6. The third kappa shape index (κ3) is 5.10. The van der Waals surface area contributed by atoms with E-state index in [0.717, 1.165) is 18.4 Å². The van der Waals surface area contributed by atoms with E-state index in [1.807, 2.05) is 24.3 Å². The van der Waals surface area contributed by atoms with E-state index in [-0.39, 0.29) is 11.8 Å². The molecule has 0 unspecified atom stereocenters. The SMILES string of the molecule is CC1=C[C@@H](CNC(=O)c2ccccn2)[C@H](C(C)C)C[C@H]1Cc1nnc(-c2ccncc2)o1. The minimum atomic E-state index is -0.129. The van der Waals surface area contributed by atoms with Gasteiger partial charge < -0.3 is 9.73 Å². The van der Waals surface area contributed by atoms with Crippen LogP contribution in [0.3, 0.4) is 0 Å². The lowest BCUT2D eigenvalue weighted by Gasteiger charge is -2.37. The number of carbonyl (C=O) groups is 1. The molecule has 3 atom stereocenters. The number of rotatable bonds is 7. The van der Waals surface area contributed by atoms with Crippen LogP contribution in [0.1, 0.15) is 43.6 Å². The van der Waals surface area contributed by atoms with Crippen LogP contribution in [0.5, 0.6) is 0 Å². The van der Waals surface area contributed by atoms with Gasteiger partial charge in [-0.25, -0.2) is 0 Å². The molecule has 0 aliphatic heterocycles. The number of hydrogen-bond donors (Lipinski definition) is 1. The Morgan fingerprint density at radius 1 is 1.16 bits per heavy atom. The number of allylic oxidation sites excluding steroid dienone is 1. The van der Waals surface area contributed by atoms with Gasteiger partial charge in [-0.1, -0.05) is 31.6 Å². The van der Waals surface area contributed by atoms with Crippen molar-refractivity contribution in [3.63, 3.8) is 0 Å². The van der Waals surface area contributed by atoms with Gasteiger partial charge in [0.25, 0.3) is 5.91 Å². The summed E-state index contributed by atoms with van der Waals surface area (Å²) in [5.41, 5.74) is 2.63. The van der Waals surface area contributed by atoms with Crippen molar-refractivity contribution < 1.29 is 9.21 Å². The standard InChI is InChI=1S/C25H29N5O2/c1-16(2)21-13-19(14-23-29-30-25(32-23)18-7-10-26-11-8-18)17(3)12-20(21)15-28-24(31)22-6-4-5-9-27-22/h4-12,16,19-21H,13-15H2,1-3H3,(H,28,31)/t19-,20-,21-/m0/s1. The second kappa shape index (κ2) is 9.85. The molecule has 0 radical (unpaired) electrons. The van der Waals surface area contributed by atoms with Crippen molar-refractivity contribution in [3.05, 3.63) is 72.2 Å². The van der Waals surface area contributed by atoms with Gasteiger partial charge in [-0.05, 0) is 61.3 Å². The van der Waals surface area contributed by atoms with E-state index in [1.54, 1.807) is 24.7 Å². The molecule has 1 aliphatic rings. The van der Waals surface area contributed by atoms with Gasteiger partial charge >= 0.3 is 0 Å². The molecule has 0 fully saturated rings. The molecule has 3 heterocycles. The van der Waals surface area contributed by atoms with Crippen LogP contribution in [-0.2, 0) is 6.42 Å². The fourth-order valence-corrected chi connectivity index (χ4v) is 4.46. The van der Waals surface area contributed by atoms with Gasteiger partial charge in [-0.15, -0.1) is 10.2 Å². The largest absolute Gasteiger partial charge is 0.421 e. The highest BCUT2D eigenvalue weighted by atomic mass is 16.4. The van der Waals surface area contributed by atoms with Gasteiger partial charge in [0.2, 0.25) is 11.8 Å². The summed E-state index contributed by atoms with van der Waals surface area (Å²) in [5, 5.41) is 11.5. The van der Waals surface area contributed by atoms with Crippen LogP contribution in [0.25, 0.3) is 11.5 Å². The van der Waals surface area contributed by atoms with Crippen molar-refractivity contribution >= 4 is 5.91 Å². The van der Waals surface area contributed by atoms with Crippen LogP contribution in [0.2, 0.25) is 0 Å². The number of carbonyl (C=O) groups excluding carboxylic acids is 1. The summed E-state index contributed by atoms with van der Waals surface area (Å²) in [6.45, 7) is 7.26. The third-order valence-corrected chi connectivity index (χ3v) is 6.29. The lowest BCUT2D eigenvalue weighted by atomic mass is 9.70. The molecular formula is C25H29N5O2. The molecule has 1 aliphatic carbocycles. The molecular weight excluding hydrogens is 402 g/mol. The maximum atomic E-state index is 12.4. The van der Waals surface area contributed by atoms with Crippen molar-refractivity contribution in [3.8, 4) is 11.5 Å². The normalized spacial score (nSPS) is 20.8. The van der Waals surface area contributed by atoms with Crippen molar-refractivity contribution in [1.82, 2.24) is 25.5 Å². The van der Waals surface area contributed by atoms with E-state index in [1.165, 1.54) is 5.57 Å². The third-order valence-electron chi connectivity index (χ3n) is 6.29. The molecule has 1 amide bonds. The summed E-state index contributed by atoms with van der Waals surface area (Å²) in [6.07, 6.45) is 9.13. The Balaban J connectivity index is 1.43. The summed E-state index contributed by atoms with van der Waals surface area (Å²) in [5.74, 6) is 2.62. The zero-order valence-electron chi connectivity index (χ0n) is 18.7. The summed E-state index contributed by atoms with van der Waals surface area (Å²) in [7, 11) is 0. The quantitative estimate of drug-likeness (QED) is 0.559. The van der Waals surface area contributed by atoms with E-state index in [2.05, 4.69) is 52.3 Å². The number of nitrogens with one attached hydrogen (secondary N) is 1. The van der Waals surface area contributed by atoms with Crippen molar-refractivity contribution in [2.45, 2.75) is 33.6 Å². The zero-order chi connectivity index (χ0) is 22.5. The summed E-state index contributed by atoms with van der Waals surface area (Å²) < 4.78 is 5.93. The maximum absolute atomic E-state index is 12.4. The molecule has 7 nitrogen and oxygen atoms in total. The first-order valence-electron chi connectivity index (χ1n) is 11.1. The van der Waals surface area contributed by atoms with Gasteiger partial charge in [0, 0.05) is 37.1 Å². The van der Waals surface area contributed by atoms with E-state index in [4.69, 9.17) is 4.42 Å². The number of amides is 1. The first-order valence-corrected chi connectivity index (χ1v) is 11.1. The number of nitrogens with zero attached hydrogens (tertiary/aromatic N) is 4. The maximum Gasteiger partial charge on any atom is 0.269 e. The lowest BCUT2D eigenvalue weighted by Crippen LogP contribution is -2.37. The molecule has 0 saturated heterocycles. The second-order valence-electron chi connectivity index (χ2n) is 8.78. The van der Waals surface area contributed by atoms with Gasteiger partial charge in [-0.2, -0.15) is 0 Å². The zero-order valence-corrected chi connectivity index (χ0v) is 18.7. The topological polar surface area (TPSA) is 93.8 Å². The first-order chi connectivity index (χ1) is 15.5. The molecule has 0 saturated carbocycles. The molecule has 0 aromatic carbocycles. The molecule has 166 valence electrons. The van der Waals surface area contributed by atoms with Gasteiger partial charge in [0.15, 0.2) is 0 Å². The highest BCUT2D eigenvalue weighted by Gasteiger charge is 2.32. The molecule has 4 rings (SSSR count). The molecule has 3 aromatic heterocycles. The van der Waals surface area contributed by atoms with Crippen molar-refractivity contribution in [2.24, 2.45) is 23.7 Å². The van der Waals surface area contributed by atoms with Crippen LogP contribution in [0, 0.1) is 23.7 Å². The molecule has 32 heavy (non-hydrogen) atoms. The number of pyridine rings is 2. The van der Waals surface area contributed by atoms with Crippen LogP contribution in [0.15, 0.2) is 65.0 Å². The predicted octanol–water partition coefficient (Wildman–Crippen LogP) is 4.35. The van der Waals surface area contributed by atoms with Gasteiger partial charge in [0.1, 0.15) is 5.69 Å². The Morgan fingerprint density at radius 3 is 2.69 bits per heavy atom. The van der Waals surface area contributed by atoms with Crippen LogP contribution < -0.4 is 5.32 Å². The minimum Gasteiger partial charge on any atom is -0.421 e. The second-order valence-corrected chi connectivity index (χ2v) is 8.78. The fourth-order valence-electron chi connectivity index (χ4n) is 4.46. The van der Waals surface area contributed by atoms with E-state index in [0.29, 0.717) is 41.8 Å². The summed E-state index contributed by atoms with van der Waals surface area (Å²) >= 11 is 0. The van der Waals surface area contributed by atoms with Gasteiger partial charge in [0.05, 0.1) is 0 Å². The molecule has 3 aromatic rings. The first kappa shape index (κ1) is 21.9. The Morgan fingerprint density at radius 2 is 1.97 bits per heavy atom. The smallest absolute Gasteiger partial charge is 0.269 e. The Labute approximate surface area is 188 Å². The van der Waals surface area contributed by atoms with Crippen LogP contribution >= 0.6 is 0 Å². The monoisotopic (exact) mass is 431 g/mol. The molecule has 0 spiro atoms. The van der Waals surface area contributed by atoms with Crippen LogP contribution in [0.4, 0.5) is 0 Å². The fraction of sp³-hybridized carbons (Fsp3) is 0.400. The van der Waals surface area contributed by atoms with E-state index >= 15 is 0 Å². The molecule has 0 bridgehead atoms. The summed E-state index contributed by atoms with van der Waals surface area (Å²) in [6, 6.07) is 9.09. The van der Waals surface area contributed by atoms with Crippen molar-refractivity contribution in [1.29, 1.82) is 0 Å². The Hall–Kier alpha value is -3.35. The molecule has 1 N–H and O–H groups in total. The Kier molecular flexibility index (Phi) is 6.73. The van der Waals surface area contributed by atoms with Crippen molar-refractivity contribution in [2.75, 3.05) is 6.54 Å². The number of aromatic nitrogens is 4. The molecule has 7 heteroatoms. The predicted molar refractivity (Wildman–Crippen MR) is 121 cm³/mol. The average molecular weight is 432 g/mol.